The predicted molar refractivity (Wildman–Crippen MR) is 83.7 cm³/mol. The Balaban J connectivity index is 1.66. The van der Waals surface area contributed by atoms with E-state index in [1.807, 2.05) is 0 Å². The van der Waals surface area contributed by atoms with E-state index in [9.17, 15) is 23.2 Å². The van der Waals surface area contributed by atoms with E-state index in [4.69, 9.17) is 15.2 Å². The molecule has 2 amide bonds. The van der Waals surface area contributed by atoms with Crippen LogP contribution in [0.4, 0.5) is 18.0 Å². The zero-order valence-corrected chi connectivity index (χ0v) is 13.4. The zero-order chi connectivity index (χ0) is 18.9. The van der Waals surface area contributed by atoms with Gasteiger partial charge in [0.05, 0.1) is 5.56 Å². The molecule has 1 aliphatic rings. The lowest BCUT2D eigenvalue weighted by molar-refractivity contribution is -0.137. The molecule has 0 aliphatic carbocycles. The molecular formula is C17H15F3N2O4. The van der Waals surface area contributed by atoms with Crippen LogP contribution in [0.1, 0.15) is 22.7 Å². The maximum atomic E-state index is 12.5. The van der Waals surface area contributed by atoms with Crippen LogP contribution in [0.5, 0.6) is 11.5 Å². The van der Waals surface area contributed by atoms with Crippen LogP contribution in [-0.4, -0.2) is 22.9 Å². The van der Waals surface area contributed by atoms with Crippen LogP contribution in [0.3, 0.4) is 0 Å². The highest BCUT2D eigenvalue weighted by molar-refractivity contribution is 5.71. The number of primary amides is 1. The normalized spacial score (nSPS) is 15.9. The van der Waals surface area contributed by atoms with Crippen LogP contribution < -0.4 is 15.2 Å². The summed E-state index contributed by atoms with van der Waals surface area (Å²) >= 11 is 0. The SMILES string of the molecule is NC(=O)N(O)C1COc2cc(OCc3ccc(C(F)(F)F)cc3)ccc21. The van der Waals surface area contributed by atoms with Gasteiger partial charge >= 0.3 is 12.2 Å². The van der Waals surface area contributed by atoms with Gasteiger partial charge in [-0.15, -0.1) is 0 Å². The number of carbonyl (C=O) groups excluding carboxylic acids is 1. The van der Waals surface area contributed by atoms with Crippen LogP contribution in [0, 0.1) is 0 Å². The summed E-state index contributed by atoms with van der Waals surface area (Å²) < 4.78 is 48.6. The standard InChI is InChI=1S/C17H15F3N2O4/c18-17(19,20)11-3-1-10(2-4-11)8-25-12-5-6-13-14(22(24)16(21)23)9-26-15(13)7-12/h1-7,14,24H,8-9H2,(H2,21,23). The third-order valence-electron chi connectivity index (χ3n) is 3.95. The molecule has 0 aromatic heterocycles. The fourth-order valence-electron chi connectivity index (χ4n) is 2.58. The molecule has 138 valence electrons. The van der Waals surface area contributed by atoms with Crippen molar-refractivity contribution in [3.63, 3.8) is 0 Å². The van der Waals surface area contributed by atoms with E-state index in [1.54, 1.807) is 18.2 Å². The van der Waals surface area contributed by atoms with Crippen molar-refractivity contribution in [3.05, 3.63) is 59.2 Å². The van der Waals surface area contributed by atoms with E-state index in [-0.39, 0.29) is 13.2 Å². The summed E-state index contributed by atoms with van der Waals surface area (Å²) in [6.45, 7) is 0.130. The Labute approximate surface area is 146 Å². The number of hydrogen-bond acceptors (Lipinski definition) is 4. The molecular weight excluding hydrogens is 353 g/mol. The lowest BCUT2D eigenvalue weighted by atomic mass is 10.1. The number of nitrogens with two attached hydrogens (primary N) is 1. The van der Waals surface area contributed by atoms with E-state index in [1.165, 1.54) is 12.1 Å². The first-order chi connectivity index (χ1) is 12.3. The molecule has 26 heavy (non-hydrogen) atoms. The van der Waals surface area contributed by atoms with Gasteiger partial charge < -0.3 is 15.2 Å². The lowest BCUT2D eigenvalue weighted by Crippen LogP contribution is -2.36. The van der Waals surface area contributed by atoms with Gasteiger partial charge in [0.2, 0.25) is 0 Å². The fraction of sp³-hybridized carbons (Fsp3) is 0.235. The van der Waals surface area contributed by atoms with Crippen molar-refractivity contribution in [1.82, 2.24) is 5.06 Å². The first-order valence-electron chi connectivity index (χ1n) is 7.59. The second kappa shape index (κ2) is 6.75. The second-order valence-electron chi connectivity index (χ2n) is 5.69. The van der Waals surface area contributed by atoms with Crippen molar-refractivity contribution >= 4 is 6.03 Å². The van der Waals surface area contributed by atoms with Gasteiger partial charge in [-0.1, -0.05) is 12.1 Å². The maximum Gasteiger partial charge on any atom is 0.416 e. The van der Waals surface area contributed by atoms with Crippen LogP contribution in [-0.2, 0) is 12.8 Å². The molecule has 0 radical (unpaired) electrons. The van der Waals surface area contributed by atoms with Gasteiger partial charge in [-0.05, 0) is 29.8 Å². The number of fused-ring (bicyclic) bond motifs is 1. The molecule has 0 fully saturated rings. The highest BCUT2D eigenvalue weighted by Crippen LogP contribution is 2.38. The van der Waals surface area contributed by atoms with Gasteiger partial charge in [0.1, 0.15) is 30.8 Å². The molecule has 2 aromatic rings. The van der Waals surface area contributed by atoms with Gasteiger partial charge in [-0.2, -0.15) is 18.2 Å². The Bertz CT molecular complexity index is 809. The topological polar surface area (TPSA) is 85.0 Å². The van der Waals surface area contributed by atoms with Crippen molar-refractivity contribution in [2.75, 3.05) is 6.61 Å². The van der Waals surface area contributed by atoms with Gasteiger partial charge in [-0.25, -0.2) is 4.79 Å². The van der Waals surface area contributed by atoms with Crippen LogP contribution in [0.25, 0.3) is 0 Å². The van der Waals surface area contributed by atoms with Crippen LogP contribution in [0.2, 0.25) is 0 Å². The Morgan fingerprint density at radius 3 is 2.58 bits per heavy atom. The molecule has 6 nitrogen and oxygen atoms in total. The molecule has 9 heteroatoms. The molecule has 0 saturated heterocycles. The summed E-state index contributed by atoms with van der Waals surface area (Å²) in [5.41, 5.74) is 5.47. The Morgan fingerprint density at radius 2 is 1.96 bits per heavy atom. The number of amides is 2. The lowest BCUT2D eigenvalue weighted by Gasteiger charge is -2.18. The Hall–Kier alpha value is -2.94. The fourth-order valence-corrected chi connectivity index (χ4v) is 2.58. The van der Waals surface area contributed by atoms with Crippen molar-refractivity contribution in [3.8, 4) is 11.5 Å². The monoisotopic (exact) mass is 368 g/mol. The van der Waals surface area contributed by atoms with Crippen molar-refractivity contribution in [2.24, 2.45) is 5.73 Å². The van der Waals surface area contributed by atoms with Gasteiger partial charge in [-0.3, -0.25) is 5.21 Å². The highest BCUT2D eigenvalue weighted by atomic mass is 19.4. The Morgan fingerprint density at radius 1 is 1.27 bits per heavy atom. The molecule has 0 bridgehead atoms. The zero-order valence-electron chi connectivity index (χ0n) is 13.4. The molecule has 3 N–H and O–H groups in total. The maximum absolute atomic E-state index is 12.5. The largest absolute Gasteiger partial charge is 0.490 e. The second-order valence-corrected chi connectivity index (χ2v) is 5.69. The van der Waals surface area contributed by atoms with E-state index in [0.29, 0.717) is 27.7 Å². The number of alkyl halides is 3. The van der Waals surface area contributed by atoms with Crippen LogP contribution in [0.15, 0.2) is 42.5 Å². The van der Waals surface area contributed by atoms with E-state index >= 15 is 0 Å². The molecule has 1 atom stereocenters. The highest BCUT2D eigenvalue weighted by Gasteiger charge is 2.32. The molecule has 0 saturated carbocycles. The first-order valence-corrected chi connectivity index (χ1v) is 7.59. The molecule has 0 spiro atoms. The van der Waals surface area contributed by atoms with Crippen molar-refractivity contribution in [2.45, 2.75) is 18.8 Å². The van der Waals surface area contributed by atoms with Crippen LogP contribution >= 0.6 is 0 Å². The summed E-state index contributed by atoms with van der Waals surface area (Å²) in [7, 11) is 0. The Kier molecular flexibility index (Phi) is 4.64. The summed E-state index contributed by atoms with van der Waals surface area (Å²) in [5, 5.41) is 10.0. The minimum atomic E-state index is -4.38. The minimum Gasteiger partial charge on any atom is -0.490 e. The van der Waals surface area contributed by atoms with Crippen molar-refractivity contribution in [1.29, 1.82) is 0 Å². The van der Waals surface area contributed by atoms with Crippen molar-refractivity contribution < 1.29 is 32.6 Å². The molecule has 1 unspecified atom stereocenters. The molecule has 1 heterocycles. The predicted octanol–water partition coefficient (Wildman–Crippen LogP) is 3.49. The number of hydrogen-bond donors (Lipinski definition) is 2. The number of ether oxygens (including phenoxy) is 2. The number of benzene rings is 2. The quantitative estimate of drug-likeness (QED) is 0.639. The van der Waals surface area contributed by atoms with E-state index < -0.39 is 23.8 Å². The summed E-state index contributed by atoms with van der Waals surface area (Å²) in [4.78, 5) is 11.1. The number of halogens is 3. The number of hydroxylamine groups is 2. The number of carbonyl (C=O) groups is 1. The number of rotatable bonds is 4. The third-order valence-corrected chi connectivity index (χ3v) is 3.95. The number of nitrogens with zero attached hydrogens (tertiary/aromatic N) is 1. The molecule has 1 aliphatic heterocycles. The summed E-state index contributed by atoms with van der Waals surface area (Å²) in [5.74, 6) is 0.869. The average molecular weight is 368 g/mol. The molecule has 2 aromatic carbocycles. The first kappa shape index (κ1) is 17.9. The summed E-state index contributed by atoms with van der Waals surface area (Å²) in [6, 6.07) is 7.80. The number of urea groups is 1. The third kappa shape index (κ3) is 3.67. The average Bonchev–Trinajstić information content (AvgIpc) is 3.02. The van der Waals surface area contributed by atoms with Gasteiger partial charge in [0, 0.05) is 11.6 Å². The van der Waals surface area contributed by atoms with E-state index in [2.05, 4.69) is 0 Å². The summed E-state index contributed by atoms with van der Waals surface area (Å²) in [6.07, 6.45) is -4.38. The smallest absolute Gasteiger partial charge is 0.416 e. The molecule has 3 rings (SSSR count). The minimum absolute atomic E-state index is 0.0527. The van der Waals surface area contributed by atoms with Gasteiger partial charge in [0.15, 0.2) is 0 Å². The van der Waals surface area contributed by atoms with E-state index in [0.717, 1.165) is 12.1 Å². The van der Waals surface area contributed by atoms with Gasteiger partial charge in [0.25, 0.3) is 0 Å².